The van der Waals surface area contributed by atoms with Crippen molar-refractivity contribution in [3.63, 3.8) is 0 Å². The number of hydrogen-bond donors (Lipinski definition) is 5. The topological polar surface area (TPSA) is 196 Å². The van der Waals surface area contributed by atoms with E-state index in [1.54, 1.807) is 41.7 Å². The number of aliphatic hydroxyl groups excluding tert-OH is 2. The van der Waals surface area contributed by atoms with Crippen LogP contribution in [0.25, 0.3) is 0 Å². The first kappa shape index (κ1) is 49.6. The van der Waals surface area contributed by atoms with Crippen LogP contribution in [0.4, 0.5) is 0 Å². The number of esters is 1. The molecule has 58 heavy (non-hydrogen) atoms. The van der Waals surface area contributed by atoms with Gasteiger partial charge in [0.05, 0.1) is 67.5 Å². The lowest BCUT2D eigenvalue weighted by Crippen LogP contribution is -2.67. The molecule has 4 heterocycles. The molecule has 0 spiro atoms. The molecule has 4 aliphatic heterocycles. The van der Waals surface area contributed by atoms with E-state index in [-0.39, 0.29) is 55.9 Å². The number of carbonyl (C=O) groups is 1. The van der Waals surface area contributed by atoms with E-state index in [9.17, 15) is 25.2 Å². The minimum absolute atomic E-state index is 0.137. The number of methoxy groups -OCH3 is 2. The summed E-state index contributed by atoms with van der Waals surface area (Å²) in [7, 11) is 6.90. The van der Waals surface area contributed by atoms with Gasteiger partial charge in [-0.3, -0.25) is 10.1 Å². The Morgan fingerprint density at radius 1 is 0.914 bits per heavy atom. The van der Waals surface area contributed by atoms with Crippen LogP contribution in [0, 0.1) is 23.7 Å². The fourth-order valence-electron chi connectivity index (χ4n) is 10.0. The van der Waals surface area contributed by atoms with Gasteiger partial charge in [-0.15, -0.1) is 0 Å². The van der Waals surface area contributed by atoms with Crippen molar-refractivity contribution in [1.82, 2.24) is 10.2 Å². The molecule has 4 aliphatic rings. The number of ether oxygens (including phenoxy) is 9. The molecule has 20 atom stereocenters. The lowest BCUT2D eigenvalue weighted by Gasteiger charge is -2.52. The van der Waals surface area contributed by atoms with Gasteiger partial charge in [0.25, 0.3) is 0 Å². The third-order valence-electron chi connectivity index (χ3n) is 13.5. The fourth-order valence-corrected chi connectivity index (χ4v) is 10.0. The molecule has 16 nitrogen and oxygen atoms in total. The van der Waals surface area contributed by atoms with E-state index in [1.165, 1.54) is 7.11 Å². The molecule has 5 N–H and O–H groups in total. The number of fused-ring (bicyclic) bond motifs is 2. The second kappa shape index (κ2) is 20.4. The summed E-state index contributed by atoms with van der Waals surface area (Å²) in [5, 5.41) is 51.5. The van der Waals surface area contributed by atoms with Gasteiger partial charge >= 0.3 is 5.97 Å². The molecule has 4 rings (SSSR count). The van der Waals surface area contributed by atoms with Crippen molar-refractivity contribution in [2.75, 3.05) is 48.1 Å². The van der Waals surface area contributed by atoms with Gasteiger partial charge in [-0.05, 0) is 80.8 Å². The molecular weight excluding hydrogens is 756 g/mol. The summed E-state index contributed by atoms with van der Waals surface area (Å²) in [5.74, 6) is -2.95. The predicted molar refractivity (Wildman–Crippen MR) is 214 cm³/mol. The molecule has 0 aromatic rings. The van der Waals surface area contributed by atoms with E-state index in [4.69, 9.17) is 42.6 Å². The lowest BCUT2D eigenvalue weighted by molar-refractivity contribution is -0.318. The van der Waals surface area contributed by atoms with Gasteiger partial charge in [-0.1, -0.05) is 27.7 Å². The maximum Gasteiger partial charge on any atom is 0.311 e. The van der Waals surface area contributed by atoms with Crippen LogP contribution >= 0.6 is 0 Å². The average molecular weight is 835 g/mol. The minimum Gasteiger partial charge on any atom is -0.459 e. The van der Waals surface area contributed by atoms with E-state index in [1.807, 2.05) is 53.6 Å². The summed E-state index contributed by atoms with van der Waals surface area (Å²) in [6, 6.07) is -0.593. The third-order valence-corrected chi connectivity index (χ3v) is 13.5. The largest absolute Gasteiger partial charge is 0.459 e. The summed E-state index contributed by atoms with van der Waals surface area (Å²) in [4.78, 5) is 16.4. The molecule has 0 aromatic heterocycles. The van der Waals surface area contributed by atoms with Crippen molar-refractivity contribution in [2.45, 2.75) is 191 Å². The maximum absolute atomic E-state index is 14.5. The Hall–Kier alpha value is -1.09. The number of likely N-dealkylation sites (N-methyl/N-ethyl adjacent to an activating group) is 1. The van der Waals surface area contributed by atoms with Crippen LogP contribution in [0.5, 0.6) is 0 Å². The zero-order valence-corrected chi connectivity index (χ0v) is 37.6. The lowest BCUT2D eigenvalue weighted by atomic mass is 9.71. The molecule has 4 fully saturated rings. The normalized spacial score (nSPS) is 48.7. The van der Waals surface area contributed by atoms with Gasteiger partial charge in [0.1, 0.15) is 30.1 Å². The Morgan fingerprint density at radius 3 is 2.19 bits per heavy atom. The zero-order chi connectivity index (χ0) is 43.5. The first-order valence-corrected chi connectivity index (χ1v) is 21.4. The van der Waals surface area contributed by atoms with Crippen molar-refractivity contribution in [1.29, 1.82) is 0 Å². The van der Waals surface area contributed by atoms with E-state index >= 15 is 0 Å². The van der Waals surface area contributed by atoms with E-state index in [0.29, 0.717) is 19.6 Å². The minimum atomic E-state index is -1.64. The van der Waals surface area contributed by atoms with Crippen LogP contribution in [-0.4, -0.2) is 176 Å². The summed E-state index contributed by atoms with van der Waals surface area (Å²) >= 11 is 0. The van der Waals surface area contributed by atoms with Crippen molar-refractivity contribution >= 4 is 5.97 Å². The standard InChI is InChI=1S/C42H78N2O14/c1-15-29-42(10,49)37-24(4)32(43-30(56-37)21-52-17-16-50-13)22(2)19-40(8,48)36(58-39-33(45)28(44(11)12)18-23(3)53-39)25(5)34(26(6)38(47)55-29)57-31-20-41(9,51-14)35(46)27(7)54-31/h22-37,39,43,45-46,48-49H,15-21H2,1-14H3/t22-,23-,24+,25+,26-,27+,28+,29+,30-,31+,32+,33-,34+,35+,36-,37-,39+,40-,41-,42-/m1/s1. The number of rotatable bonds is 12. The average Bonchev–Trinajstić information content (AvgIpc) is 3.15. The van der Waals surface area contributed by atoms with Gasteiger partial charge in [-0.2, -0.15) is 0 Å². The van der Waals surface area contributed by atoms with Crippen LogP contribution in [-0.2, 0) is 47.4 Å². The molecule has 2 bridgehead atoms. The molecule has 16 heteroatoms. The summed E-state index contributed by atoms with van der Waals surface area (Å²) in [5.41, 5.74) is -4.27. The Balaban J connectivity index is 1.83. The Morgan fingerprint density at radius 2 is 1.59 bits per heavy atom. The molecular formula is C42H78N2O14. The zero-order valence-electron chi connectivity index (χ0n) is 37.6. The highest BCUT2D eigenvalue weighted by molar-refractivity contribution is 5.73. The van der Waals surface area contributed by atoms with Gasteiger partial charge in [-0.25, -0.2) is 0 Å². The first-order valence-electron chi connectivity index (χ1n) is 21.4. The van der Waals surface area contributed by atoms with Crippen molar-refractivity contribution < 1.29 is 67.9 Å². The molecule has 0 aromatic carbocycles. The highest BCUT2D eigenvalue weighted by Gasteiger charge is 2.55. The molecule has 0 amide bonds. The number of carbonyl (C=O) groups excluding carboxylic acids is 1. The summed E-state index contributed by atoms with van der Waals surface area (Å²) in [6.07, 6.45) is -8.29. The van der Waals surface area contributed by atoms with Crippen LogP contribution < -0.4 is 5.32 Å². The van der Waals surface area contributed by atoms with Crippen LogP contribution in [0.3, 0.4) is 0 Å². The molecule has 4 saturated heterocycles. The SMILES string of the molecule is CC[C@@H]1OC(=O)[C@H](C)[C@@H](O[C@H]2C[C@@](C)(OC)[C@@H](O)[C@H](C)O2)[C@H](C)[C@@H](O[C@@H]2O[C@H](C)C[C@H](N(C)C)[C@H]2O)[C@](C)(O)C[C@@H](C)[C@@H]2N[C@@H](COCCOC)O[C@H]([C@H]2C)[C@]1(C)O. The monoisotopic (exact) mass is 835 g/mol. The summed E-state index contributed by atoms with van der Waals surface area (Å²) in [6.45, 7) is 19.1. The van der Waals surface area contributed by atoms with E-state index in [2.05, 4.69) is 5.32 Å². The Labute approximate surface area is 346 Å². The summed E-state index contributed by atoms with van der Waals surface area (Å²) < 4.78 is 55.7. The number of cyclic esters (lactones) is 1. The smallest absolute Gasteiger partial charge is 0.311 e. The highest BCUT2D eigenvalue weighted by atomic mass is 16.7. The molecule has 0 radical (unpaired) electrons. The fraction of sp³-hybridized carbons (Fsp3) is 0.976. The highest BCUT2D eigenvalue weighted by Crippen LogP contribution is 2.43. The Bertz CT molecular complexity index is 1290. The van der Waals surface area contributed by atoms with E-state index in [0.717, 1.165) is 0 Å². The molecule has 0 unspecified atom stereocenters. The number of nitrogens with zero attached hydrogens (tertiary/aromatic N) is 1. The number of hydrogen-bond acceptors (Lipinski definition) is 16. The van der Waals surface area contributed by atoms with Gasteiger partial charge in [0, 0.05) is 44.6 Å². The van der Waals surface area contributed by atoms with Crippen molar-refractivity contribution in [2.24, 2.45) is 23.7 Å². The molecule has 0 aliphatic carbocycles. The van der Waals surface area contributed by atoms with Crippen molar-refractivity contribution in [3.05, 3.63) is 0 Å². The molecule has 340 valence electrons. The first-order chi connectivity index (χ1) is 27.0. The van der Waals surface area contributed by atoms with Crippen LogP contribution in [0.2, 0.25) is 0 Å². The van der Waals surface area contributed by atoms with Gasteiger partial charge < -0.3 is 68.0 Å². The van der Waals surface area contributed by atoms with Crippen molar-refractivity contribution in [3.8, 4) is 0 Å². The van der Waals surface area contributed by atoms with Crippen LogP contribution in [0.15, 0.2) is 0 Å². The van der Waals surface area contributed by atoms with Gasteiger partial charge in [0.2, 0.25) is 0 Å². The Kier molecular flexibility index (Phi) is 17.4. The quantitative estimate of drug-likeness (QED) is 0.142. The van der Waals surface area contributed by atoms with E-state index < -0.39 is 96.1 Å². The van der Waals surface area contributed by atoms with Gasteiger partial charge in [0.15, 0.2) is 12.6 Å². The molecule has 0 saturated carbocycles. The predicted octanol–water partition coefficient (Wildman–Crippen LogP) is 2.20. The number of aliphatic hydroxyl groups is 4. The third kappa shape index (κ3) is 11.1. The maximum atomic E-state index is 14.5. The second-order valence-electron chi connectivity index (χ2n) is 18.6. The van der Waals surface area contributed by atoms with Crippen LogP contribution in [0.1, 0.15) is 94.9 Å². The second-order valence-corrected chi connectivity index (χ2v) is 18.6. The number of nitrogens with one attached hydrogen (secondary N) is 1.